The number of nitriles is 1. The fraction of sp³-hybridized carbons (Fsp3) is 0.0909. The van der Waals surface area contributed by atoms with Crippen LogP contribution in [-0.4, -0.2) is 6.08 Å². The highest BCUT2D eigenvalue weighted by atomic mass is 16.1. The van der Waals surface area contributed by atoms with Crippen molar-refractivity contribution < 1.29 is 4.79 Å². The second-order valence-electron chi connectivity index (χ2n) is 2.53. The van der Waals surface area contributed by atoms with Crippen molar-refractivity contribution in [3.63, 3.8) is 0 Å². The highest BCUT2D eigenvalue weighted by molar-refractivity contribution is 5.66. The zero-order valence-electron chi connectivity index (χ0n) is 7.47. The lowest BCUT2D eigenvalue weighted by Crippen LogP contribution is -1.73. The summed E-state index contributed by atoms with van der Waals surface area (Å²) in [4.78, 5) is 13.6. The number of isocyanates is 1. The molecule has 0 aliphatic rings. The van der Waals surface area contributed by atoms with Crippen molar-refractivity contribution in [2.24, 2.45) is 4.99 Å². The zero-order chi connectivity index (χ0) is 10.2. The molecule has 0 aliphatic heterocycles. The first kappa shape index (κ1) is 9.91. The van der Waals surface area contributed by atoms with Crippen LogP contribution in [0.1, 0.15) is 12.0 Å². The summed E-state index contributed by atoms with van der Waals surface area (Å²) in [5.74, 6) is 0. The molecule has 1 rings (SSSR count). The van der Waals surface area contributed by atoms with Crippen molar-refractivity contribution in [1.29, 1.82) is 5.26 Å². The molecular weight excluding hydrogens is 176 g/mol. The zero-order valence-corrected chi connectivity index (χ0v) is 7.47. The molecule has 0 atom stereocenters. The highest BCUT2D eigenvalue weighted by Gasteiger charge is 1.94. The summed E-state index contributed by atoms with van der Waals surface area (Å²) in [6, 6.07) is 9.17. The van der Waals surface area contributed by atoms with Crippen LogP contribution in [-0.2, 0) is 4.79 Å². The van der Waals surface area contributed by atoms with E-state index in [-0.39, 0.29) is 0 Å². The van der Waals surface area contributed by atoms with Crippen LogP contribution in [0.3, 0.4) is 0 Å². The third kappa shape index (κ3) is 2.71. The number of para-hydroxylation sites is 1. The quantitative estimate of drug-likeness (QED) is 0.535. The number of rotatable bonds is 3. The molecule has 0 amide bonds. The van der Waals surface area contributed by atoms with Gasteiger partial charge in [0.1, 0.15) is 0 Å². The molecule has 0 spiro atoms. The Bertz CT molecular complexity index is 423. The van der Waals surface area contributed by atoms with Crippen LogP contribution >= 0.6 is 0 Å². The van der Waals surface area contributed by atoms with Crippen molar-refractivity contribution >= 4 is 17.8 Å². The fourth-order valence-corrected chi connectivity index (χ4v) is 1.02. The van der Waals surface area contributed by atoms with Crippen molar-refractivity contribution in [2.45, 2.75) is 6.42 Å². The van der Waals surface area contributed by atoms with E-state index in [2.05, 4.69) is 4.99 Å². The number of allylic oxidation sites excluding steroid dienone is 1. The summed E-state index contributed by atoms with van der Waals surface area (Å²) in [5, 5.41) is 8.33. The molecule has 0 heterocycles. The van der Waals surface area contributed by atoms with Gasteiger partial charge in [-0.2, -0.15) is 10.3 Å². The van der Waals surface area contributed by atoms with Crippen LogP contribution in [0.25, 0.3) is 6.08 Å². The molecule has 14 heavy (non-hydrogen) atoms. The minimum atomic E-state index is 0.346. The molecule has 1 aromatic carbocycles. The Morgan fingerprint density at radius 3 is 2.93 bits per heavy atom. The first-order chi connectivity index (χ1) is 6.88. The summed E-state index contributed by atoms with van der Waals surface area (Å²) >= 11 is 0. The second kappa shape index (κ2) is 5.47. The van der Waals surface area contributed by atoms with Gasteiger partial charge in [-0.15, -0.1) is 0 Å². The molecule has 0 unspecified atom stereocenters. The minimum Gasteiger partial charge on any atom is -0.211 e. The van der Waals surface area contributed by atoms with E-state index >= 15 is 0 Å². The number of nitrogens with zero attached hydrogens (tertiary/aromatic N) is 2. The van der Waals surface area contributed by atoms with Crippen LogP contribution < -0.4 is 0 Å². The van der Waals surface area contributed by atoms with Gasteiger partial charge in [0.25, 0.3) is 0 Å². The Balaban J connectivity index is 2.96. The number of aliphatic imine (C=N–C) groups is 1. The predicted molar refractivity (Wildman–Crippen MR) is 53.5 cm³/mol. The number of benzene rings is 1. The lowest BCUT2D eigenvalue weighted by molar-refractivity contribution is 0.565. The van der Waals surface area contributed by atoms with Crippen LogP contribution in [0.4, 0.5) is 5.69 Å². The summed E-state index contributed by atoms with van der Waals surface area (Å²) in [7, 11) is 0. The molecule has 0 aliphatic carbocycles. The summed E-state index contributed by atoms with van der Waals surface area (Å²) in [5.41, 5.74) is 1.38. The number of hydrogen-bond acceptors (Lipinski definition) is 3. The molecule has 0 bridgehead atoms. The summed E-state index contributed by atoms with van der Waals surface area (Å²) in [6.45, 7) is 0. The van der Waals surface area contributed by atoms with E-state index in [0.717, 1.165) is 5.56 Å². The summed E-state index contributed by atoms with van der Waals surface area (Å²) < 4.78 is 0. The maximum Gasteiger partial charge on any atom is 0.240 e. The van der Waals surface area contributed by atoms with Gasteiger partial charge in [-0.25, -0.2) is 4.79 Å². The first-order valence-electron chi connectivity index (χ1n) is 4.09. The standard InChI is InChI=1S/C11H8N2O/c12-8-4-3-6-10-5-1-2-7-11(10)13-9-14/h1-3,5-7H,4H2. The van der Waals surface area contributed by atoms with Gasteiger partial charge < -0.3 is 0 Å². The third-order valence-corrected chi connectivity index (χ3v) is 1.61. The predicted octanol–water partition coefficient (Wildman–Crippen LogP) is 2.58. The van der Waals surface area contributed by atoms with Crippen LogP contribution in [0.15, 0.2) is 35.3 Å². The molecule has 1 aromatic rings. The largest absolute Gasteiger partial charge is 0.240 e. The number of hydrogen-bond donors (Lipinski definition) is 0. The molecule has 68 valence electrons. The van der Waals surface area contributed by atoms with Crippen molar-refractivity contribution in [3.05, 3.63) is 35.9 Å². The Labute approximate surface area is 82.0 Å². The van der Waals surface area contributed by atoms with Gasteiger partial charge in [-0.05, 0) is 6.07 Å². The van der Waals surface area contributed by atoms with Crippen LogP contribution in [0, 0.1) is 11.3 Å². The Morgan fingerprint density at radius 1 is 1.43 bits per heavy atom. The third-order valence-electron chi connectivity index (χ3n) is 1.61. The average Bonchev–Trinajstić information content (AvgIpc) is 2.21. The Morgan fingerprint density at radius 2 is 2.21 bits per heavy atom. The second-order valence-corrected chi connectivity index (χ2v) is 2.53. The van der Waals surface area contributed by atoms with Gasteiger partial charge in [0.15, 0.2) is 0 Å². The van der Waals surface area contributed by atoms with Crippen LogP contribution in [0.2, 0.25) is 0 Å². The maximum atomic E-state index is 10.1. The lowest BCUT2D eigenvalue weighted by Gasteiger charge is -1.95. The lowest BCUT2D eigenvalue weighted by atomic mass is 10.1. The molecule has 0 radical (unpaired) electrons. The van der Waals surface area contributed by atoms with Gasteiger partial charge >= 0.3 is 0 Å². The van der Waals surface area contributed by atoms with Gasteiger partial charge in [0, 0.05) is 5.56 Å². The summed E-state index contributed by atoms with van der Waals surface area (Å²) in [6.07, 6.45) is 5.32. The normalized spacial score (nSPS) is 9.36. The van der Waals surface area contributed by atoms with E-state index < -0.39 is 0 Å². The van der Waals surface area contributed by atoms with E-state index in [1.165, 1.54) is 6.08 Å². The van der Waals surface area contributed by atoms with E-state index in [9.17, 15) is 4.79 Å². The topological polar surface area (TPSA) is 53.2 Å². The Hall–Kier alpha value is -2.17. The van der Waals surface area contributed by atoms with Gasteiger partial charge in [0.05, 0.1) is 18.2 Å². The average molecular weight is 184 g/mol. The minimum absolute atomic E-state index is 0.346. The monoisotopic (exact) mass is 184 g/mol. The first-order valence-corrected chi connectivity index (χ1v) is 4.09. The fourth-order valence-electron chi connectivity index (χ4n) is 1.02. The molecule has 0 aromatic heterocycles. The highest BCUT2D eigenvalue weighted by Crippen LogP contribution is 2.19. The van der Waals surface area contributed by atoms with Gasteiger partial charge in [-0.3, -0.25) is 0 Å². The SMILES string of the molecule is N#CCC=Cc1ccccc1N=C=O. The molecule has 0 saturated carbocycles. The molecule has 3 nitrogen and oxygen atoms in total. The Kier molecular flexibility index (Phi) is 3.87. The van der Waals surface area contributed by atoms with Crippen LogP contribution in [0.5, 0.6) is 0 Å². The van der Waals surface area contributed by atoms with Crippen molar-refractivity contribution in [3.8, 4) is 6.07 Å². The molecular formula is C11H8N2O. The van der Waals surface area contributed by atoms with Gasteiger partial charge in [0.2, 0.25) is 6.08 Å². The van der Waals surface area contributed by atoms with Crippen molar-refractivity contribution in [1.82, 2.24) is 0 Å². The smallest absolute Gasteiger partial charge is 0.211 e. The van der Waals surface area contributed by atoms with E-state index in [1.807, 2.05) is 18.2 Å². The molecule has 0 saturated heterocycles. The van der Waals surface area contributed by atoms with E-state index in [4.69, 9.17) is 5.26 Å². The van der Waals surface area contributed by atoms with E-state index in [1.54, 1.807) is 24.3 Å². The molecule has 0 fully saturated rings. The molecule has 3 heteroatoms. The van der Waals surface area contributed by atoms with E-state index in [0.29, 0.717) is 12.1 Å². The van der Waals surface area contributed by atoms with Crippen molar-refractivity contribution in [2.75, 3.05) is 0 Å². The van der Waals surface area contributed by atoms with Gasteiger partial charge in [-0.1, -0.05) is 30.4 Å². The number of carbonyl (C=O) groups excluding carboxylic acids is 1. The molecule has 0 N–H and O–H groups in total. The maximum absolute atomic E-state index is 10.1.